The van der Waals surface area contributed by atoms with Crippen LogP contribution in [0.1, 0.15) is 34.8 Å². The van der Waals surface area contributed by atoms with E-state index in [1.165, 1.54) is 18.2 Å². The van der Waals surface area contributed by atoms with Gasteiger partial charge in [-0.2, -0.15) is 0 Å². The first-order valence-electron chi connectivity index (χ1n) is 13.5. The number of hydrogen-bond acceptors (Lipinski definition) is 7. The summed E-state index contributed by atoms with van der Waals surface area (Å²) in [7, 11) is 0. The molecule has 4 aromatic rings. The third kappa shape index (κ3) is 7.07. The van der Waals surface area contributed by atoms with Crippen molar-refractivity contribution in [1.29, 1.82) is 0 Å². The van der Waals surface area contributed by atoms with Gasteiger partial charge in [0.15, 0.2) is 0 Å². The van der Waals surface area contributed by atoms with E-state index in [9.17, 15) is 19.2 Å². The number of nitrogens with one attached hydrogen (secondary N) is 1. The summed E-state index contributed by atoms with van der Waals surface area (Å²) in [5.41, 5.74) is 2.02. The molecular weight excluding hydrogens is 588 g/mol. The Morgan fingerprint density at radius 2 is 1.74 bits per heavy atom. The highest BCUT2D eigenvalue weighted by atomic mass is 35.5. The number of hydrogen-bond donors (Lipinski definition) is 1. The summed E-state index contributed by atoms with van der Waals surface area (Å²) in [5.74, 6) is -1.26. The molecule has 5 rings (SSSR count). The minimum absolute atomic E-state index is 0.0994. The summed E-state index contributed by atoms with van der Waals surface area (Å²) >= 11 is 6.89. The van der Waals surface area contributed by atoms with E-state index in [-0.39, 0.29) is 27.8 Å². The van der Waals surface area contributed by atoms with E-state index in [2.05, 4.69) is 5.32 Å². The van der Waals surface area contributed by atoms with Crippen molar-refractivity contribution in [2.45, 2.75) is 20.0 Å². The molecule has 0 aromatic heterocycles. The number of nitrogens with zero attached hydrogens (tertiary/aromatic N) is 1. The number of halogens is 1. The van der Waals surface area contributed by atoms with Crippen LogP contribution in [0.4, 0.5) is 10.5 Å². The van der Waals surface area contributed by atoms with Crippen LogP contribution in [0.5, 0.6) is 5.75 Å². The fraction of sp³-hybridized carbons (Fsp3) is 0.152. The van der Waals surface area contributed by atoms with Gasteiger partial charge in [0.1, 0.15) is 18.9 Å². The number of carbonyl (C=O) groups is 4. The molecule has 4 aromatic carbocycles. The van der Waals surface area contributed by atoms with Crippen LogP contribution in [0.3, 0.4) is 0 Å². The van der Waals surface area contributed by atoms with E-state index in [0.717, 1.165) is 33.0 Å². The number of esters is 1. The summed E-state index contributed by atoms with van der Waals surface area (Å²) in [4.78, 5) is 52.4. The molecule has 8 nitrogen and oxygen atoms in total. The van der Waals surface area contributed by atoms with Crippen LogP contribution < -0.4 is 10.1 Å². The van der Waals surface area contributed by atoms with Crippen LogP contribution in [0.15, 0.2) is 89.8 Å². The summed E-state index contributed by atoms with van der Waals surface area (Å²) in [6, 6.07) is 25.5. The lowest BCUT2D eigenvalue weighted by Gasteiger charge is -2.14. The maximum absolute atomic E-state index is 13.3. The lowest BCUT2D eigenvalue weighted by molar-refractivity contribution is -0.127. The lowest BCUT2D eigenvalue weighted by Crippen LogP contribution is -2.36. The summed E-state index contributed by atoms with van der Waals surface area (Å²) in [6.07, 6.45) is 2.29. The van der Waals surface area contributed by atoms with E-state index < -0.39 is 29.6 Å². The van der Waals surface area contributed by atoms with Gasteiger partial charge in [-0.25, -0.2) is 4.79 Å². The summed E-state index contributed by atoms with van der Waals surface area (Å²) < 4.78 is 11.3. The Morgan fingerprint density at radius 1 is 0.977 bits per heavy atom. The summed E-state index contributed by atoms with van der Waals surface area (Å²) in [5, 5.41) is 4.02. The number of thioether (sulfide) groups is 1. The fourth-order valence-electron chi connectivity index (χ4n) is 4.43. The maximum atomic E-state index is 13.3. The van der Waals surface area contributed by atoms with E-state index in [0.29, 0.717) is 24.3 Å². The minimum atomic E-state index is -0.615. The van der Waals surface area contributed by atoms with Crippen molar-refractivity contribution in [2.75, 3.05) is 18.5 Å². The Kier molecular flexibility index (Phi) is 9.44. The molecule has 0 spiro atoms. The predicted molar refractivity (Wildman–Crippen MR) is 168 cm³/mol. The van der Waals surface area contributed by atoms with Gasteiger partial charge in [-0.15, -0.1) is 0 Å². The molecule has 3 amide bonds. The molecule has 218 valence electrons. The number of imide groups is 1. The van der Waals surface area contributed by atoms with Crippen LogP contribution in [-0.4, -0.2) is 41.1 Å². The van der Waals surface area contributed by atoms with Crippen molar-refractivity contribution in [3.63, 3.8) is 0 Å². The molecule has 1 fully saturated rings. The Bertz CT molecular complexity index is 1740. The number of ether oxygens (including phenoxy) is 2. The van der Waals surface area contributed by atoms with Crippen LogP contribution in [0.2, 0.25) is 5.02 Å². The van der Waals surface area contributed by atoms with Crippen LogP contribution in [0.25, 0.3) is 16.8 Å². The zero-order valence-electron chi connectivity index (χ0n) is 23.2. The Morgan fingerprint density at radius 3 is 2.53 bits per heavy atom. The van der Waals surface area contributed by atoms with Crippen molar-refractivity contribution >= 4 is 68.9 Å². The molecule has 1 aliphatic heterocycles. The highest BCUT2D eigenvalue weighted by Crippen LogP contribution is 2.37. The maximum Gasteiger partial charge on any atom is 0.339 e. The third-order valence-corrected chi connectivity index (χ3v) is 7.76. The van der Waals surface area contributed by atoms with Gasteiger partial charge >= 0.3 is 5.97 Å². The Hall–Kier alpha value is -4.60. The molecular formula is C33H27ClN2O6S. The molecule has 1 saturated heterocycles. The molecule has 1 heterocycles. The zero-order valence-corrected chi connectivity index (χ0v) is 24.7. The standard InChI is InChI=1S/C33H27ClN2O6S/c1-2-16-41-32(39)26-17-23(13-14-27(26)34)35-30(37)19-36-31(38)29(43-33(36)40)18-25-24-11-7-6-10-22(24)12-15-28(25)42-20-21-8-4-3-5-9-21/h3-15,17-18H,2,16,19-20H2,1H3,(H,35,37)/b29-18+. The highest BCUT2D eigenvalue weighted by molar-refractivity contribution is 8.18. The largest absolute Gasteiger partial charge is 0.488 e. The van der Waals surface area contributed by atoms with E-state index in [1.807, 2.05) is 73.7 Å². The second-order valence-electron chi connectivity index (χ2n) is 9.62. The Labute approximate surface area is 257 Å². The normalized spacial score (nSPS) is 13.9. The van der Waals surface area contributed by atoms with Crippen LogP contribution in [0, 0.1) is 0 Å². The SMILES string of the molecule is CCCOC(=O)c1cc(NC(=O)CN2C(=O)S/C(=C/c3c(OCc4ccccc4)ccc4ccccc34)C2=O)ccc1Cl. The van der Waals surface area contributed by atoms with Crippen molar-refractivity contribution in [1.82, 2.24) is 4.90 Å². The number of carbonyl (C=O) groups excluding carboxylic acids is 4. The Balaban J connectivity index is 1.34. The van der Waals surface area contributed by atoms with E-state index >= 15 is 0 Å². The first-order valence-corrected chi connectivity index (χ1v) is 14.7. The summed E-state index contributed by atoms with van der Waals surface area (Å²) in [6.45, 7) is 1.92. The van der Waals surface area contributed by atoms with Crippen molar-refractivity contribution in [2.24, 2.45) is 0 Å². The van der Waals surface area contributed by atoms with Crippen molar-refractivity contribution < 1.29 is 28.7 Å². The molecule has 0 radical (unpaired) electrons. The van der Waals surface area contributed by atoms with Gasteiger partial charge in [0.2, 0.25) is 5.91 Å². The molecule has 0 bridgehead atoms. The van der Waals surface area contributed by atoms with Crippen LogP contribution >= 0.6 is 23.4 Å². The number of anilines is 1. The molecule has 1 N–H and O–H groups in total. The first kappa shape index (κ1) is 29.9. The molecule has 0 atom stereocenters. The topological polar surface area (TPSA) is 102 Å². The second kappa shape index (κ2) is 13.6. The zero-order chi connectivity index (χ0) is 30.3. The minimum Gasteiger partial charge on any atom is -0.488 e. The number of rotatable bonds is 10. The number of fused-ring (bicyclic) bond motifs is 1. The second-order valence-corrected chi connectivity index (χ2v) is 11.0. The molecule has 43 heavy (non-hydrogen) atoms. The monoisotopic (exact) mass is 614 g/mol. The van der Waals surface area contributed by atoms with Gasteiger partial charge < -0.3 is 14.8 Å². The van der Waals surface area contributed by atoms with Crippen molar-refractivity contribution in [3.8, 4) is 5.75 Å². The van der Waals surface area contributed by atoms with Gasteiger partial charge in [-0.1, -0.05) is 79.2 Å². The highest BCUT2D eigenvalue weighted by Gasteiger charge is 2.36. The number of benzene rings is 4. The predicted octanol–water partition coefficient (Wildman–Crippen LogP) is 7.31. The molecule has 1 aliphatic rings. The quantitative estimate of drug-likeness (QED) is 0.148. The molecule has 10 heteroatoms. The van der Waals surface area contributed by atoms with Gasteiger partial charge in [0.25, 0.3) is 11.1 Å². The van der Waals surface area contributed by atoms with Crippen LogP contribution in [-0.2, 0) is 20.9 Å². The molecule has 0 unspecified atom stereocenters. The number of amides is 3. The molecule has 0 saturated carbocycles. The average molecular weight is 615 g/mol. The third-order valence-electron chi connectivity index (χ3n) is 6.53. The van der Waals surface area contributed by atoms with Crippen molar-refractivity contribution in [3.05, 3.63) is 112 Å². The molecule has 0 aliphatic carbocycles. The van der Waals surface area contributed by atoms with Gasteiger partial charge in [-0.05, 0) is 64.9 Å². The van der Waals surface area contributed by atoms with E-state index in [1.54, 1.807) is 6.08 Å². The lowest BCUT2D eigenvalue weighted by atomic mass is 10.0. The van der Waals surface area contributed by atoms with E-state index in [4.69, 9.17) is 21.1 Å². The fourth-order valence-corrected chi connectivity index (χ4v) is 5.44. The van der Waals surface area contributed by atoms with Gasteiger partial charge in [0, 0.05) is 11.3 Å². The van der Waals surface area contributed by atoms with Gasteiger partial charge in [0.05, 0.1) is 22.1 Å². The first-order chi connectivity index (χ1) is 20.8. The smallest absolute Gasteiger partial charge is 0.339 e. The average Bonchev–Trinajstić information content (AvgIpc) is 3.28. The van der Waals surface area contributed by atoms with Gasteiger partial charge in [-0.3, -0.25) is 19.3 Å².